The van der Waals surface area contributed by atoms with E-state index in [2.05, 4.69) is 16.5 Å². The minimum Gasteiger partial charge on any atom is -0.489 e. The molecule has 1 N–H and O–H groups in total. The minimum atomic E-state index is -1.03. The molecule has 8 nitrogen and oxygen atoms in total. The molecule has 2 atom stereocenters. The van der Waals surface area contributed by atoms with Gasteiger partial charge in [0.1, 0.15) is 23.7 Å². The largest absolute Gasteiger partial charge is 0.489 e. The van der Waals surface area contributed by atoms with Crippen LogP contribution in [0.4, 0.5) is 0 Å². The highest BCUT2D eigenvalue weighted by Gasteiger charge is 2.32. The van der Waals surface area contributed by atoms with E-state index >= 15 is 0 Å². The van der Waals surface area contributed by atoms with E-state index in [1.165, 1.54) is 6.92 Å². The first-order valence-electron chi connectivity index (χ1n) is 10.1. The van der Waals surface area contributed by atoms with E-state index in [1.807, 2.05) is 27.7 Å². The molecule has 0 aliphatic heterocycles. The molecule has 1 heterocycles. The van der Waals surface area contributed by atoms with Gasteiger partial charge in [-0.15, -0.1) is 0 Å². The van der Waals surface area contributed by atoms with Gasteiger partial charge in [0.25, 0.3) is 5.91 Å². The zero-order chi connectivity index (χ0) is 23.2. The molecule has 1 amide bonds. The molecule has 1 aromatic carbocycles. The summed E-state index contributed by atoms with van der Waals surface area (Å²) in [6.07, 6.45) is -0.988. The van der Waals surface area contributed by atoms with Crippen molar-refractivity contribution in [2.24, 2.45) is 5.92 Å². The average molecular weight is 428 g/mol. The molecule has 0 aliphatic rings. The van der Waals surface area contributed by atoms with Gasteiger partial charge in [-0.25, -0.2) is 0 Å². The molecule has 31 heavy (non-hydrogen) atoms. The monoisotopic (exact) mass is 427 g/mol. The number of esters is 1. The summed E-state index contributed by atoms with van der Waals surface area (Å²) < 4.78 is 16.1. The summed E-state index contributed by atoms with van der Waals surface area (Å²) in [6.45, 7) is 10.8. The van der Waals surface area contributed by atoms with Crippen LogP contribution >= 0.6 is 0 Å². The number of hydrogen-bond acceptors (Lipinski definition) is 7. The molecule has 0 fully saturated rings. The lowest BCUT2D eigenvalue weighted by atomic mass is 9.90. The number of nitrogens with one attached hydrogen (secondary N) is 1. The normalized spacial score (nSPS) is 13.7. The first-order chi connectivity index (χ1) is 14.6. The standard InChI is InChI=1S/C23H29N3O5/c1-14(2)23(6,13-24)25-22(28)17(5)30-21(27)11-18-7-9-19(10-8-18)29-12-20-15(3)26-31-16(20)4/h7-10,14,17H,11-12H2,1-6H3,(H,25,28)/t17-,23+/m1/s1. The number of carbonyl (C=O) groups excluding carboxylic acids is 2. The maximum Gasteiger partial charge on any atom is 0.311 e. The molecule has 0 unspecified atom stereocenters. The van der Waals surface area contributed by atoms with Crippen LogP contribution in [0.5, 0.6) is 5.75 Å². The lowest BCUT2D eigenvalue weighted by molar-refractivity contribution is -0.154. The fourth-order valence-corrected chi connectivity index (χ4v) is 2.68. The summed E-state index contributed by atoms with van der Waals surface area (Å²) in [6, 6.07) is 9.15. The van der Waals surface area contributed by atoms with Crippen molar-refractivity contribution in [3.05, 3.63) is 46.8 Å². The molecule has 1 aromatic heterocycles. The van der Waals surface area contributed by atoms with Crippen LogP contribution in [0, 0.1) is 31.1 Å². The van der Waals surface area contributed by atoms with E-state index in [4.69, 9.17) is 14.0 Å². The SMILES string of the molecule is Cc1noc(C)c1COc1ccc(CC(=O)O[C@H](C)C(=O)N[C@@](C)(C#N)C(C)C)cc1. The van der Waals surface area contributed by atoms with Crippen LogP contribution in [0.1, 0.15) is 50.3 Å². The number of nitriles is 1. The van der Waals surface area contributed by atoms with E-state index in [-0.39, 0.29) is 12.3 Å². The van der Waals surface area contributed by atoms with Crippen molar-refractivity contribution in [3.63, 3.8) is 0 Å². The number of ether oxygens (including phenoxy) is 2. The Morgan fingerprint density at radius 3 is 2.39 bits per heavy atom. The molecular weight excluding hydrogens is 398 g/mol. The highest BCUT2D eigenvalue weighted by Crippen LogP contribution is 2.19. The molecule has 2 aromatic rings. The Hall–Kier alpha value is -3.34. The summed E-state index contributed by atoms with van der Waals surface area (Å²) in [4.78, 5) is 24.5. The smallest absolute Gasteiger partial charge is 0.311 e. The second-order valence-corrected chi connectivity index (χ2v) is 8.00. The third kappa shape index (κ3) is 6.32. The first kappa shape index (κ1) is 23.9. The van der Waals surface area contributed by atoms with Gasteiger partial charge in [-0.3, -0.25) is 9.59 Å². The number of hydrogen-bond donors (Lipinski definition) is 1. The Labute approximate surface area is 182 Å². The Bertz CT molecular complexity index is 939. The van der Waals surface area contributed by atoms with Gasteiger partial charge >= 0.3 is 5.97 Å². The number of nitrogens with zero attached hydrogens (tertiary/aromatic N) is 2. The van der Waals surface area contributed by atoms with Crippen molar-refractivity contribution in [1.29, 1.82) is 5.26 Å². The molecule has 0 radical (unpaired) electrons. The summed E-state index contributed by atoms with van der Waals surface area (Å²) in [7, 11) is 0. The number of amides is 1. The number of carbonyl (C=O) groups is 2. The molecule has 2 rings (SSSR count). The quantitative estimate of drug-likeness (QED) is 0.610. The summed E-state index contributed by atoms with van der Waals surface area (Å²) in [5.74, 6) is 0.236. The second kappa shape index (κ2) is 10.1. The van der Waals surface area contributed by atoms with Crippen molar-refractivity contribution in [2.45, 2.75) is 66.2 Å². The summed E-state index contributed by atoms with van der Waals surface area (Å²) >= 11 is 0. The predicted molar refractivity (Wildman–Crippen MR) is 113 cm³/mol. The number of benzene rings is 1. The lowest BCUT2D eigenvalue weighted by Gasteiger charge is -2.28. The molecule has 8 heteroatoms. The number of aromatic nitrogens is 1. The Kier molecular flexibility index (Phi) is 7.81. The highest BCUT2D eigenvalue weighted by molar-refractivity contribution is 5.84. The third-order valence-electron chi connectivity index (χ3n) is 5.28. The van der Waals surface area contributed by atoms with Gasteiger partial charge in [-0.05, 0) is 51.3 Å². The summed E-state index contributed by atoms with van der Waals surface area (Å²) in [5.41, 5.74) is 1.40. The van der Waals surface area contributed by atoms with Gasteiger partial charge in [-0.2, -0.15) is 5.26 Å². The highest BCUT2D eigenvalue weighted by atomic mass is 16.5. The van der Waals surface area contributed by atoms with Crippen molar-refractivity contribution in [3.8, 4) is 11.8 Å². The molecular formula is C23H29N3O5. The molecule has 0 saturated heterocycles. The van der Waals surface area contributed by atoms with Crippen molar-refractivity contribution >= 4 is 11.9 Å². The van der Waals surface area contributed by atoms with Gasteiger partial charge in [0.05, 0.1) is 23.7 Å². The molecule has 0 bridgehead atoms. The van der Waals surface area contributed by atoms with Crippen molar-refractivity contribution in [1.82, 2.24) is 10.5 Å². The van der Waals surface area contributed by atoms with Crippen LogP contribution in [-0.2, 0) is 27.4 Å². The minimum absolute atomic E-state index is 0.0153. The van der Waals surface area contributed by atoms with Gasteiger partial charge in [0.15, 0.2) is 6.10 Å². The van der Waals surface area contributed by atoms with Crippen LogP contribution < -0.4 is 10.1 Å². The maximum atomic E-state index is 12.3. The van der Waals surface area contributed by atoms with Crippen molar-refractivity contribution < 1.29 is 23.6 Å². The summed E-state index contributed by atoms with van der Waals surface area (Å²) in [5, 5.41) is 15.9. The van der Waals surface area contributed by atoms with Gasteiger partial charge in [-0.1, -0.05) is 31.1 Å². The molecule has 0 saturated carbocycles. The Balaban J connectivity index is 1.86. The van der Waals surface area contributed by atoms with E-state index in [1.54, 1.807) is 31.2 Å². The number of aryl methyl sites for hydroxylation is 2. The second-order valence-electron chi connectivity index (χ2n) is 8.00. The Morgan fingerprint density at radius 1 is 1.23 bits per heavy atom. The average Bonchev–Trinajstić information content (AvgIpc) is 3.04. The van der Waals surface area contributed by atoms with Crippen LogP contribution in [0.3, 0.4) is 0 Å². The van der Waals surface area contributed by atoms with Gasteiger partial charge in [0, 0.05) is 0 Å². The Morgan fingerprint density at radius 2 is 1.87 bits per heavy atom. The van der Waals surface area contributed by atoms with Crippen LogP contribution in [0.25, 0.3) is 0 Å². The van der Waals surface area contributed by atoms with Crippen LogP contribution in [-0.4, -0.2) is 28.7 Å². The van der Waals surface area contributed by atoms with Gasteiger partial charge in [0.2, 0.25) is 0 Å². The fraction of sp³-hybridized carbons (Fsp3) is 0.478. The lowest BCUT2D eigenvalue weighted by Crippen LogP contribution is -2.52. The maximum absolute atomic E-state index is 12.3. The van der Waals surface area contributed by atoms with Crippen LogP contribution in [0.15, 0.2) is 28.8 Å². The zero-order valence-electron chi connectivity index (χ0n) is 18.8. The molecule has 166 valence electrons. The topological polar surface area (TPSA) is 114 Å². The first-order valence-corrected chi connectivity index (χ1v) is 10.1. The van der Waals surface area contributed by atoms with E-state index < -0.39 is 23.5 Å². The fourth-order valence-electron chi connectivity index (χ4n) is 2.68. The van der Waals surface area contributed by atoms with E-state index in [9.17, 15) is 14.9 Å². The van der Waals surface area contributed by atoms with Crippen molar-refractivity contribution in [2.75, 3.05) is 0 Å². The third-order valence-corrected chi connectivity index (χ3v) is 5.28. The predicted octanol–water partition coefficient (Wildman–Crippen LogP) is 3.40. The van der Waals surface area contributed by atoms with Crippen LogP contribution in [0.2, 0.25) is 0 Å². The van der Waals surface area contributed by atoms with Gasteiger partial charge < -0.3 is 19.3 Å². The number of rotatable bonds is 9. The van der Waals surface area contributed by atoms with E-state index in [0.29, 0.717) is 12.4 Å². The molecule has 0 aliphatic carbocycles. The van der Waals surface area contributed by atoms with E-state index in [0.717, 1.165) is 22.6 Å². The zero-order valence-corrected chi connectivity index (χ0v) is 18.8. The molecule has 0 spiro atoms.